The highest BCUT2D eigenvalue weighted by atomic mass is 16.5. The van der Waals surface area contributed by atoms with E-state index in [9.17, 15) is 4.79 Å². The standard InChI is InChI=1S/C15H19N3O2/c1-10(19)14-8-13(16)15(18(14)2)17-9-11-4-6-12(20-3)7-5-11/h4-8,17H,9,16H2,1-3H3. The molecule has 106 valence electrons. The summed E-state index contributed by atoms with van der Waals surface area (Å²) in [5.74, 6) is 1.58. The molecule has 5 heteroatoms. The molecule has 0 aliphatic carbocycles. The minimum atomic E-state index is -0.00306. The highest BCUT2D eigenvalue weighted by Crippen LogP contribution is 2.24. The van der Waals surface area contributed by atoms with E-state index in [-0.39, 0.29) is 5.78 Å². The van der Waals surface area contributed by atoms with Crippen LogP contribution in [0.3, 0.4) is 0 Å². The average molecular weight is 273 g/mol. The highest BCUT2D eigenvalue weighted by molar-refractivity contribution is 5.95. The second kappa shape index (κ2) is 5.69. The van der Waals surface area contributed by atoms with Crippen LogP contribution < -0.4 is 15.8 Å². The zero-order chi connectivity index (χ0) is 14.7. The van der Waals surface area contributed by atoms with E-state index < -0.39 is 0 Å². The second-order valence-corrected chi connectivity index (χ2v) is 4.65. The van der Waals surface area contributed by atoms with Crippen LogP contribution in [-0.2, 0) is 13.6 Å². The molecule has 20 heavy (non-hydrogen) atoms. The van der Waals surface area contributed by atoms with Crippen LogP contribution in [0, 0.1) is 0 Å². The summed E-state index contributed by atoms with van der Waals surface area (Å²) in [7, 11) is 3.46. The minimum absolute atomic E-state index is 0.00306. The van der Waals surface area contributed by atoms with Crippen molar-refractivity contribution < 1.29 is 9.53 Å². The van der Waals surface area contributed by atoms with Gasteiger partial charge in [-0.3, -0.25) is 4.79 Å². The molecular weight excluding hydrogens is 254 g/mol. The zero-order valence-electron chi connectivity index (χ0n) is 11.9. The fraction of sp³-hybridized carbons (Fsp3) is 0.267. The van der Waals surface area contributed by atoms with Gasteiger partial charge in [-0.05, 0) is 23.8 Å². The van der Waals surface area contributed by atoms with E-state index >= 15 is 0 Å². The molecule has 0 radical (unpaired) electrons. The van der Waals surface area contributed by atoms with Crippen LogP contribution in [0.2, 0.25) is 0 Å². The Hall–Kier alpha value is -2.43. The van der Waals surface area contributed by atoms with Gasteiger partial charge in [0.2, 0.25) is 0 Å². The molecule has 0 aliphatic rings. The molecule has 2 rings (SSSR count). The molecule has 2 aromatic rings. The summed E-state index contributed by atoms with van der Waals surface area (Å²) in [6.45, 7) is 2.16. The summed E-state index contributed by atoms with van der Waals surface area (Å²) in [6, 6.07) is 9.48. The van der Waals surface area contributed by atoms with Gasteiger partial charge >= 0.3 is 0 Å². The number of carbonyl (C=O) groups is 1. The van der Waals surface area contributed by atoms with E-state index in [0.717, 1.165) is 17.1 Å². The molecule has 0 unspecified atom stereocenters. The van der Waals surface area contributed by atoms with Gasteiger partial charge in [-0.25, -0.2) is 0 Å². The monoisotopic (exact) mass is 273 g/mol. The Labute approximate surface area is 118 Å². The Bertz CT molecular complexity index is 615. The number of rotatable bonds is 5. The maximum atomic E-state index is 11.5. The first-order valence-corrected chi connectivity index (χ1v) is 6.36. The van der Waals surface area contributed by atoms with Crippen LogP contribution in [-0.4, -0.2) is 17.5 Å². The summed E-state index contributed by atoms with van der Waals surface area (Å²) in [6.07, 6.45) is 0. The number of benzene rings is 1. The number of nitrogen functional groups attached to an aromatic ring is 1. The number of hydrogen-bond acceptors (Lipinski definition) is 4. The highest BCUT2D eigenvalue weighted by Gasteiger charge is 2.12. The maximum absolute atomic E-state index is 11.5. The van der Waals surface area contributed by atoms with Crippen LogP contribution in [0.1, 0.15) is 23.0 Å². The van der Waals surface area contributed by atoms with E-state index in [1.165, 1.54) is 6.92 Å². The van der Waals surface area contributed by atoms with Crippen molar-refractivity contribution in [2.75, 3.05) is 18.2 Å². The van der Waals surface area contributed by atoms with Gasteiger partial charge < -0.3 is 20.4 Å². The van der Waals surface area contributed by atoms with Crippen molar-refractivity contribution in [2.24, 2.45) is 7.05 Å². The third-order valence-electron chi connectivity index (χ3n) is 3.24. The summed E-state index contributed by atoms with van der Waals surface area (Å²) in [5, 5.41) is 3.26. The van der Waals surface area contributed by atoms with Gasteiger partial charge in [-0.2, -0.15) is 0 Å². The summed E-state index contributed by atoms with van der Waals surface area (Å²) < 4.78 is 6.90. The first-order valence-electron chi connectivity index (χ1n) is 6.36. The van der Waals surface area contributed by atoms with Crippen molar-refractivity contribution in [3.05, 3.63) is 41.6 Å². The van der Waals surface area contributed by atoms with E-state index in [4.69, 9.17) is 10.5 Å². The summed E-state index contributed by atoms with van der Waals surface area (Å²) in [4.78, 5) is 11.5. The van der Waals surface area contributed by atoms with Crippen molar-refractivity contribution in [3.63, 3.8) is 0 Å². The summed E-state index contributed by atoms with van der Waals surface area (Å²) >= 11 is 0. The first kappa shape index (κ1) is 14.0. The van der Waals surface area contributed by atoms with Gasteiger partial charge in [-0.1, -0.05) is 12.1 Å². The molecule has 5 nitrogen and oxygen atoms in total. The fourth-order valence-electron chi connectivity index (χ4n) is 2.11. The molecule has 1 aromatic carbocycles. The smallest absolute Gasteiger partial charge is 0.176 e. The van der Waals surface area contributed by atoms with Gasteiger partial charge in [0.25, 0.3) is 0 Å². The molecule has 0 spiro atoms. The number of hydrogen-bond donors (Lipinski definition) is 2. The fourth-order valence-corrected chi connectivity index (χ4v) is 2.11. The minimum Gasteiger partial charge on any atom is -0.497 e. The Morgan fingerprint density at radius 1 is 1.35 bits per heavy atom. The Kier molecular flexibility index (Phi) is 3.98. The third-order valence-corrected chi connectivity index (χ3v) is 3.24. The van der Waals surface area contributed by atoms with Gasteiger partial charge in [0, 0.05) is 20.5 Å². The van der Waals surface area contributed by atoms with Gasteiger partial charge in [0.05, 0.1) is 18.5 Å². The SMILES string of the molecule is COc1ccc(CNc2c(N)cc(C(C)=O)n2C)cc1. The number of aromatic nitrogens is 1. The van der Waals surface area contributed by atoms with Crippen LogP contribution >= 0.6 is 0 Å². The molecular formula is C15H19N3O2. The maximum Gasteiger partial charge on any atom is 0.176 e. The molecule has 0 bridgehead atoms. The number of ketones is 1. The van der Waals surface area contributed by atoms with Gasteiger partial charge in [0.15, 0.2) is 5.78 Å². The van der Waals surface area contributed by atoms with Crippen LogP contribution in [0.4, 0.5) is 11.5 Å². The topological polar surface area (TPSA) is 69.3 Å². The third kappa shape index (κ3) is 2.77. The zero-order valence-corrected chi connectivity index (χ0v) is 11.9. The number of ether oxygens (including phenoxy) is 1. The molecule has 0 amide bonds. The van der Waals surface area contributed by atoms with Gasteiger partial charge in [0.1, 0.15) is 11.6 Å². The van der Waals surface area contributed by atoms with Crippen molar-refractivity contribution >= 4 is 17.3 Å². The lowest BCUT2D eigenvalue weighted by Crippen LogP contribution is -2.08. The normalized spacial score (nSPS) is 10.3. The van der Waals surface area contributed by atoms with E-state index in [1.807, 2.05) is 31.3 Å². The number of methoxy groups -OCH3 is 1. The lowest BCUT2D eigenvalue weighted by molar-refractivity contribution is 0.101. The molecule has 1 aromatic heterocycles. The number of Topliss-reactive ketones (excluding diaryl/α,β-unsaturated/α-hetero) is 1. The number of anilines is 2. The van der Waals surface area contributed by atoms with Crippen LogP contribution in [0.15, 0.2) is 30.3 Å². The molecule has 3 N–H and O–H groups in total. The molecule has 0 fully saturated rings. The van der Waals surface area contributed by atoms with Crippen LogP contribution in [0.25, 0.3) is 0 Å². The van der Waals surface area contributed by atoms with Crippen molar-refractivity contribution in [2.45, 2.75) is 13.5 Å². The quantitative estimate of drug-likeness (QED) is 0.821. The van der Waals surface area contributed by atoms with Gasteiger partial charge in [-0.15, -0.1) is 0 Å². The van der Waals surface area contributed by atoms with E-state index in [2.05, 4.69) is 5.32 Å². The molecule has 1 heterocycles. The second-order valence-electron chi connectivity index (χ2n) is 4.65. The van der Waals surface area contributed by atoms with Crippen molar-refractivity contribution in [3.8, 4) is 5.75 Å². The molecule has 0 saturated carbocycles. The average Bonchev–Trinajstić information content (AvgIpc) is 2.72. The van der Waals surface area contributed by atoms with Crippen LogP contribution in [0.5, 0.6) is 5.75 Å². The summed E-state index contributed by atoms with van der Waals surface area (Å²) in [5.41, 5.74) is 8.21. The van der Waals surface area contributed by atoms with Crippen molar-refractivity contribution in [1.82, 2.24) is 4.57 Å². The van der Waals surface area contributed by atoms with E-state index in [0.29, 0.717) is 17.9 Å². The van der Waals surface area contributed by atoms with Crippen molar-refractivity contribution in [1.29, 1.82) is 0 Å². The molecule has 0 aliphatic heterocycles. The Balaban J connectivity index is 2.12. The number of nitrogens with one attached hydrogen (secondary N) is 1. The van der Waals surface area contributed by atoms with E-state index in [1.54, 1.807) is 17.7 Å². The molecule has 0 saturated heterocycles. The first-order chi connectivity index (χ1) is 9.52. The lowest BCUT2D eigenvalue weighted by atomic mass is 10.2. The molecule has 0 atom stereocenters. The lowest BCUT2D eigenvalue weighted by Gasteiger charge is -2.10. The number of nitrogens with two attached hydrogens (primary N) is 1. The predicted octanol–water partition coefficient (Wildman–Crippen LogP) is 2.43. The Morgan fingerprint density at radius 3 is 2.50 bits per heavy atom. The number of nitrogens with zero attached hydrogens (tertiary/aromatic N) is 1. The Morgan fingerprint density at radius 2 is 2.00 bits per heavy atom. The predicted molar refractivity (Wildman–Crippen MR) is 80.2 cm³/mol. The number of carbonyl (C=O) groups excluding carboxylic acids is 1. The largest absolute Gasteiger partial charge is 0.497 e.